The molecule has 1 aromatic heterocycles. The molecule has 2 aliphatic heterocycles. The quantitative estimate of drug-likeness (QED) is 0.486. The summed E-state index contributed by atoms with van der Waals surface area (Å²) in [6, 6.07) is 17.7. The standard InChI is InChI=1S/C29H35N5O4/c1-29(2,3)19-8-10-20(11-9-19)31-28(35)38-24-17-37-25-23(16-36-26(24)25)33-27-30-15-14-22(32-27)18-6-12-21(13-7-18)34(4)5/h6-15,23-26H,16-17H2,1-5H3,(H,31,35)(H,30,32,33). The third-order valence-corrected chi connectivity index (χ3v) is 6.91. The summed E-state index contributed by atoms with van der Waals surface area (Å²) in [4.78, 5) is 23.7. The van der Waals surface area contributed by atoms with E-state index in [4.69, 9.17) is 14.2 Å². The van der Waals surface area contributed by atoms with Crippen LogP contribution >= 0.6 is 0 Å². The van der Waals surface area contributed by atoms with Crippen molar-refractivity contribution in [1.29, 1.82) is 0 Å². The maximum atomic E-state index is 12.6. The van der Waals surface area contributed by atoms with Crippen molar-refractivity contribution in [2.75, 3.05) is 42.8 Å². The van der Waals surface area contributed by atoms with E-state index in [2.05, 4.69) is 58.4 Å². The highest BCUT2D eigenvalue weighted by Gasteiger charge is 2.49. The lowest BCUT2D eigenvalue weighted by atomic mass is 9.87. The lowest BCUT2D eigenvalue weighted by Crippen LogP contribution is -2.38. The minimum absolute atomic E-state index is 0.0452. The van der Waals surface area contributed by atoms with E-state index in [-0.39, 0.29) is 30.3 Å². The molecule has 0 spiro atoms. The van der Waals surface area contributed by atoms with E-state index in [0.29, 0.717) is 18.2 Å². The molecule has 200 valence electrons. The molecular formula is C29H35N5O4. The number of carbonyl (C=O) groups is 1. The van der Waals surface area contributed by atoms with Crippen LogP contribution < -0.4 is 15.5 Å². The second-order valence-electron chi connectivity index (χ2n) is 10.9. The first-order valence-corrected chi connectivity index (χ1v) is 12.9. The van der Waals surface area contributed by atoms with Crippen LogP contribution in [0.5, 0.6) is 0 Å². The van der Waals surface area contributed by atoms with Crippen LogP contribution in [0, 0.1) is 0 Å². The van der Waals surface area contributed by atoms with Crippen molar-refractivity contribution in [3.8, 4) is 11.3 Å². The van der Waals surface area contributed by atoms with E-state index < -0.39 is 12.2 Å². The molecule has 9 nitrogen and oxygen atoms in total. The number of ether oxygens (including phenoxy) is 3. The Morgan fingerprint density at radius 3 is 2.37 bits per heavy atom. The molecule has 5 rings (SSSR count). The molecule has 2 fully saturated rings. The molecule has 3 heterocycles. The van der Waals surface area contributed by atoms with Crippen molar-refractivity contribution in [2.24, 2.45) is 0 Å². The van der Waals surface area contributed by atoms with Gasteiger partial charge >= 0.3 is 6.09 Å². The van der Waals surface area contributed by atoms with Gasteiger partial charge in [-0.1, -0.05) is 45.0 Å². The molecule has 3 aromatic rings. The number of carbonyl (C=O) groups excluding carboxylic acids is 1. The summed E-state index contributed by atoms with van der Waals surface area (Å²) in [6.45, 7) is 7.11. The number of hydrogen-bond donors (Lipinski definition) is 2. The average Bonchev–Trinajstić information content (AvgIpc) is 3.47. The molecule has 2 aromatic carbocycles. The molecule has 38 heavy (non-hydrogen) atoms. The summed E-state index contributed by atoms with van der Waals surface area (Å²) in [6.07, 6.45) is 0.0772. The molecule has 9 heteroatoms. The zero-order chi connectivity index (χ0) is 26.9. The zero-order valence-corrected chi connectivity index (χ0v) is 22.5. The van der Waals surface area contributed by atoms with Gasteiger partial charge in [-0.3, -0.25) is 5.32 Å². The van der Waals surface area contributed by atoms with E-state index in [1.807, 2.05) is 56.6 Å². The van der Waals surface area contributed by atoms with E-state index in [0.717, 1.165) is 16.9 Å². The fourth-order valence-corrected chi connectivity index (χ4v) is 4.71. The maximum Gasteiger partial charge on any atom is 0.412 e. The van der Waals surface area contributed by atoms with E-state index in [1.54, 1.807) is 6.20 Å². The number of amides is 1. The monoisotopic (exact) mass is 517 g/mol. The van der Waals surface area contributed by atoms with Gasteiger partial charge in [0.25, 0.3) is 0 Å². The molecule has 0 bridgehead atoms. The van der Waals surface area contributed by atoms with Gasteiger partial charge in [-0.25, -0.2) is 14.8 Å². The normalized spacial score (nSPS) is 22.6. The summed E-state index contributed by atoms with van der Waals surface area (Å²) >= 11 is 0. The number of nitrogens with zero attached hydrogens (tertiary/aromatic N) is 3. The second kappa shape index (κ2) is 10.6. The summed E-state index contributed by atoms with van der Waals surface area (Å²) < 4.78 is 17.6. The van der Waals surface area contributed by atoms with Crippen LogP contribution in [0.15, 0.2) is 60.8 Å². The molecule has 1 amide bonds. The molecule has 4 unspecified atom stereocenters. The van der Waals surface area contributed by atoms with Crippen molar-refractivity contribution in [1.82, 2.24) is 9.97 Å². The molecule has 4 atom stereocenters. The number of hydrogen-bond acceptors (Lipinski definition) is 8. The van der Waals surface area contributed by atoms with E-state index >= 15 is 0 Å². The SMILES string of the molecule is CN(C)c1ccc(-c2ccnc(NC3COC4C(OC(=O)Nc5ccc(C(C)(C)C)cc5)COC34)n2)cc1. The van der Waals surface area contributed by atoms with Crippen LogP contribution in [0.2, 0.25) is 0 Å². The third kappa shape index (κ3) is 5.74. The molecule has 2 saturated heterocycles. The lowest BCUT2D eigenvalue weighted by molar-refractivity contribution is 0.00917. The first kappa shape index (κ1) is 25.9. The molecule has 0 radical (unpaired) electrons. The van der Waals surface area contributed by atoms with Crippen LogP contribution in [0.25, 0.3) is 11.3 Å². The van der Waals surface area contributed by atoms with Gasteiger partial charge < -0.3 is 24.4 Å². The summed E-state index contributed by atoms with van der Waals surface area (Å²) in [7, 11) is 4.02. The Labute approximate surface area is 223 Å². The number of nitrogens with one attached hydrogen (secondary N) is 2. The Balaban J connectivity index is 1.17. The highest BCUT2D eigenvalue weighted by atomic mass is 16.6. The summed E-state index contributed by atoms with van der Waals surface area (Å²) in [5, 5.41) is 6.15. The number of aromatic nitrogens is 2. The van der Waals surface area contributed by atoms with Crippen molar-refractivity contribution in [3.63, 3.8) is 0 Å². The topological polar surface area (TPSA) is 97.8 Å². The highest BCUT2D eigenvalue weighted by molar-refractivity contribution is 5.84. The number of benzene rings is 2. The molecule has 0 saturated carbocycles. The Morgan fingerprint density at radius 1 is 0.974 bits per heavy atom. The van der Waals surface area contributed by atoms with Gasteiger partial charge in [-0.15, -0.1) is 0 Å². The fourth-order valence-electron chi connectivity index (χ4n) is 4.71. The smallest absolute Gasteiger partial charge is 0.412 e. The van der Waals surface area contributed by atoms with Gasteiger partial charge in [0, 0.05) is 37.2 Å². The highest BCUT2D eigenvalue weighted by Crippen LogP contribution is 2.31. The Morgan fingerprint density at radius 2 is 1.68 bits per heavy atom. The van der Waals surface area contributed by atoms with Gasteiger partial charge in [0.05, 0.1) is 24.9 Å². The van der Waals surface area contributed by atoms with Crippen molar-refractivity contribution >= 4 is 23.4 Å². The van der Waals surface area contributed by atoms with Gasteiger partial charge in [0.15, 0.2) is 6.10 Å². The van der Waals surface area contributed by atoms with Crippen LogP contribution in [-0.2, 0) is 19.6 Å². The van der Waals surface area contributed by atoms with Gasteiger partial charge in [0.2, 0.25) is 5.95 Å². The van der Waals surface area contributed by atoms with Crippen LogP contribution in [-0.4, -0.2) is 67.7 Å². The Hall–Kier alpha value is -3.69. The Kier molecular flexibility index (Phi) is 7.23. The zero-order valence-electron chi connectivity index (χ0n) is 22.5. The maximum absolute atomic E-state index is 12.6. The van der Waals surface area contributed by atoms with Gasteiger partial charge in [-0.05, 0) is 41.3 Å². The first-order chi connectivity index (χ1) is 18.2. The summed E-state index contributed by atoms with van der Waals surface area (Å²) in [5.41, 5.74) is 4.87. The molecular weight excluding hydrogens is 482 g/mol. The largest absolute Gasteiger partial charge is 0.441 e. The van der Waals surface area contributed by atoms with Crippen LogP contribution in [0.3, 0.4) is 0 Å². The van der Waals surface area contributed by atoms with Crippen molar-refractivity contribution in [2.45, 2.75) is 50.5 Å². The third-order valence-electron chi connectivity index (χ3n) is 6.91. The first-order valence-electron chi connectivity index (χ1n) is 12.9. The minimum Gasteiger partial charge on any atom is -0.441 e. The molecule has 2 N–H and O–H groups in total. The van der Waals surface area contributed by atoms with Crippen molar-refractivity contribution < 1.29 is 19.0 Å². The van der Waals surface area contributed by atoms with Crippen LogP contribution in [0.4, 0.5) is 22.1 Å². The van der Waals surface area contributed by atoms with E-state index in [9.17, 15) is 4.79 Å². The minimum atomic E-state index is -0.529. The average molecular weight is 518 g/mol. The lowest BCUT2D eigenvalue weighted by Gasteiger charge is -2.20. The summed E-state index contributed by atoms with van der Waals surface area (Å²) in [5.74, 6) is 0.498. The Bertz CT molecular complexity index is 1260. The second-order valence-corrected chi connectivity index (χ2v) is 10.9. The number of rotatable bonds is 6. The van der Waals surface area contributed by atoms with Crippen molar-refractivity contribution in [3.05, 3.63) is 66.4 Å². The predicted octanol–water partition coefficient (Wildman–Crippen LogP) is 4.70. The molecule has 2 aliphatic rings. The molecule has 0 aliphatic carbocycles. The number of fused-ring (bicyclic) bond motifs is 1. The van der Waals surface area contributed by atoms with Gasteiger partial charge in [-0.2, -0.15) is 0 Å². The fraction of sp³-hybridized carbons (Fsp3) is 0.414. The van der Waals surface area contributed by atoms with Crippen LogP contribution in [0.1, 0.15) is 26.3 Å². The predicted molar refractivity (Wildman–Crippen MR) is 148 cm³/mol. The van der Waals surface area contributed by atoms with E-state index in [1.165, 1.54) is 5.56 Å². The van der Waals surface area contributed by atoms with Gasteiger partial charge in [0.1, 0.15) is 12.2 Å². The number of anilines is 3.